The van der Waals surface area contributed by atoms with Crippen LogP contribution < -0.4 is 0 Å². The molecule has 1 saturated heterocycles. The normalized spacial score (nSPS) is 23.3. The van der Waals surface area contributed by atoms with Crippen molar-refractivity contribution in [3.8, 4) is 18.0 Å². The lowest BCUT2D eigenvalue weighted by Gasteiger charge is -2.33. The van der Waals surface area contributed by atoms with Crippen LogP contribution in [0.1, 0.15) is 30.1 Å². The Kier molecular flexibility index (Phi) is 5.80. The summed E-state index contributed by atoms with van der Waals surface area (Å²) in [4.78, 5) is 20.5. The topological polar surface area (TPSA) is 72.6 Å². The molecule has 3 atom stereocenters. The summed E-state index contributed by atoms with van der Waals surface area (Å²) < 4.78 is 31.2. The number of aromatic nitrogens is 3. The molecule has 2 aliphatic rings. The Hall–Kier alpha value is -3.54. The Labute approximate surface area is 178 Å². The highest BCUT2D eigenvalue weighted by Crippen LogP contribution is 2.40. The van der Waals surface area contributed by atoms with E-state index in [1.807, 2.05) is 6.07 Å². The Morgan fingerprint density at radius 2 is 2.06 bits per heavy atom. The third kappa shape index (κ3) is 4.19. The maximum Gasteiger partial charge on any atom is 0.268 e. The monoisotopic (exact) mass is 425 g/mol. The average Bonchev–Trinajstić information content (AvgIpc) is 3.53. The van der Waals surface area contributed by atoms with E-state index < -0.39 is 6.43 Å². The molecule has 160 valence electrons. The van der Waals surface area contributed by atoms with Crippen LogP contribution in [-0.2, 0) is 4.74 Å². The van der Waals surface area contributed by atoms with Crippen LogP contribution in [0, 0.1) is 18.3 Å². The number of carbonyl (C=O) groups is 1. The molecule has 31 heavy (non-hydrogen) atoms. The van der Waals surface area contributed by atoms with Crippen LogP contribution >= 0.6 is 0 Å². The van der Waals surface area contributed by atoms with Gasteiger partial charge in [0.15, 0.2) is 0 Å². The summed E-state index contributed by atoms with van der Waals surface area (Å²) in [5.41, 5.74) is 0.882. The van der Waals surface area contributed by atoms with Gasteiger partial charge in [-0.3, -0.25) is 4.79 Å². The predicted octanol–water partition coefficient (Wildman–Crippen LogP) is 3.09. The second-order valence-electron chi connectivity index (χ2n) is 7.61. The van der Waals surface area contributed by atoms with Gasteiger partial charge in [0.25, 0.3) is 18.2 Å². The molecular formula is C22H21F2N5O2. The van der Waals surface area contributed by atoms with Crippen molar-refractivity contribution < 1.29 is 18.3 Å². The Morgan fingerprint density at radius 1 is 1.32 bits per heavy atom. The standard InChI is InChI=1S/C22H21F2N5O2/c1-3-20(25-12-14(2)21(23)24)31-19-11-15-10-18(19)28(13-15)22(30)16-6-4-5-7-17(16)29-26-8-9-27-29/h1,4-9,12,15,18-19,21H,10-11,13H2,2H3/b14-12+,25-20?. The minimum atomic E-state index is -2.61. The molecule has 7 nitrogen and oxygen atoms in total. The first-order valence-corrected chi connectivity index (χ1v) is 9.90. The van der Waals surface area contributed by atoms with Crippen molar-refractivity contribution in [3.05, 3.63) is 54.0 Å². The second kappa shape index (κ2) is 8.68. The number of fused-ring (bicyclic) bond motifs is 2. The highest BCUT2D eigenvalue weighted by molar-refractivity contribution is 5.98. The number of piperidine rings is 1. The van der Waals surface area contributed by atoms with E-state index in [-0.39, 0.29) is 35.4 Å². The second-order valence-corrected chi connectivity index (χ2v) is 7.61. The van der Waals surface area contributed by atoms with Crippen molar-refractivity contribution in [1.82, 2.24) is 19.9 Å². The van der Waals surface area contributed by atoms with Crippen LogP contribution in [0.3, 0.4) is 0 Å². The minimum absolute atomic E-state index is 0.0638. The molecule has 1 saturated carbocycles. The quantitative estimate of drug-likeness (QED) is 0.419. The summed E-state index contributed by atoms with van der Waals surface area (Å²) in [6.07, 6.45) is 8.14. The summed E-state index contributed by atoms with van der Waals surface area (Å²) in [6, 6.07) is 6.98. The maximum absolute atomic E-state index is 13.4. The number of halogens is 2. The van der Waals surface area contributed by atoms with Crippen LogP contribution in [0.15, 0.2) is 53.4 Å². The number of allylic oxidation sites excluding steroid dienone is 1. The van der Waals surface area contributed by atoms with E-state index in [2.05, 4.69) is 21.1 Å². The summed E-state index contributed by atoms with van der Waals surface area (Å²) in [5.74, 6) is 2.38. The van der Waals surface area contributed by atoms with Gasteiger partial charge >= 0.3 is 0 Å². The zero-order chi connectivity index (χ0) is 22.0. The molecule has 1 aliphatic carbocycles. The lowest BCUT2D eigenvalue weighted by Crippen LogP contribution is -2.46. The van der Waals surface area contributed by atoms with Crippen molar-refractivity contribution in [2.45, 2.75) is 38.3 Å². The molecule has 2 fully saturated rings. The molecule has 2 bridgehead atoms. The molecular weight excluding hydrogens is 404 g/mol. The van der Waals surface area contributed by atoms with Gasteiger partial charge in [-0.1, -0.05) is 12.1 Å². The van der Waals surface area contributed by atoms with Gasteiger partial charge in [-0.05, 0) is 43.7 Å². The van der Waals surface area contributed by atoms with Crippen LogP contribution in [0.2, 0.25) is 0 Å². The van der Waals surface area contributed by atoms with Crippen molar-refractivity contribution >= 4 is 11.8 Å². The fraction of sp³-hybridized carbons (Fsp3) is 0.364. The Balaban J connectivity index is 1.53. The Bertz CT molecular complexity index is 1060. The molecule has 0 N–H and O–H groups in total. The molecule has 1 aliphatic heterocycles. The fourth-order valence-electron chi connectivity index (χ4n) is 4.11. The number of terminal acetylenes is 1. The number of para-hydroxylation sites is 1. The first kappa shape index (κ1) is 20.7. The van der Waals surface area contributed by atoms with Crippen LogP contribution in [-0.4, -0.2) is 56.8 Å². The minimum Gasteiger partial charge on any atom is -0.466 e. The number of rotatable bonds is 5. The molecule has 2 aromatic rings. The zero-order valence-electron chi connectivity index (χ0n) is 16.9. The number of carbonyl (C=O) groups excluding carboxylic acids is 1. The van der Waals surface area contributed by atoms with E-state index in [0.29, 0.717) is 17.8 Å². The third-order valence-corrected chi connectivity index (χ3v) is 5.57. The largest absolute Gasteiger partial charge is 0.466 e. The summed E-state index contributed by atoms with van der Waals surface area (Å²) in [7, 11) is 0. The summed E-state index contributed by atoms with van der Waals surface area (Å²) >= 11 is 0. The van der Waals surface area contributed by atoms with E-state index in [1.165, 1.54) is 11.7 Å². The number of alkyl halides is 2. The van der Waals surface area contributed by atoms with Crippen LogP contribution in [0.5, 0.6) is 0 Å². The summed E-state index contributed by atoms with van der Waals surface area (Å²) in [6.45, 7) is 1.89. The van der Waals surface area contributed by atoms with E-state index in [0.717, 1.165) is 19.0 Å². The molecule has 1 amide bonds. The fourth-order valence-corrected chi connectivity index (χ4v) is 4.11. The molecule has 3 unspecified atom stereocenters. The average molecular weight is 425 g/mol. The highest BCUT2D eigenvalue weighted by Gasteiger charge is 2.48. The van der Waals surface area contributed by atoms with Gasteiger partial charge in [-0.2, -0.15) is 15.0 Å². The number of likely N-dealkylation sites (tertiary alicyclic amines) is 1. The smallest absolute Gasteiger partial charge is 0.268 e. The number of ether oxygens (including phenoxy) is 1. The molecule has 9 heteroatoms. The van der Waals surface area contributed by atoms with Crippen LogP contribution in [0.4, 0.5) is 8.78 Å². The number of benzene rings is 1. The van der Waals surface area contributed by atoms with Gasteiger partial charge in [0.2, 0.25) is 0 Å². The van der Waals surface area contributed by atoms with Gasteiger partial charge in [-0.25, -0.2) is 13.8 Å². The molecule has 0 radical (unpaired) electrons. The van der Waals surface area contributed by atoms with E-state index in [9.17, 15) is 13.6 Å². The third-order valence-electron chi connectivity index (χ3n) is 5.57. The predicted molar refractivity (Wildman–Crippen MR) is 110 cm³/mol. The van der Waals surface area contributed by atoms with Crippen molar-refractivity contribution in [2.24, 2.45) is 10.9 Å². The lowest BCUT2D eigenvalue weighted by molar-refractivity contribution is 0.0451. The molecule has 2 heterocycles. The van der Waals surface area contributed by atoms with Gasteiger partial charge in [0.1, 0.15) is 6.10 Å². The molecule has 1 aromatic heterocycles. The Morgan fingerprint density at radius 3 is 2.74 bits per heavy atom. The van der Waals surface area contributed by atoms with Crippen LogP contribution in [0.25, 0.3) is 5.69 Å². The summed E-state index contributed by atoms with van der Waals surface area (Å²) in [5, 5.41) is 8.26. The highest BCUT2D eigenvalue weighted by atomic mass is 19.3. The molecule has 0 spiro atoms. The van der Waals surface area contributed by atoms with E-state index in [4.69, 9.17) is 11.2 Å². The molecule has 1 aromatic carbocycles. The lowest BCUT2D eigenvalue weighted by atomic mass is 10.1. The first-order chi connectivity index (χ1) is 15.0. The zero-order valence-corrected chi connectivity index (χ0v) is 16.9. The maximum atomic E-state index is 13.4. The van der Waals surface area contributed by atoms with Crippen molar-refractivity contribution in [3.63, 3.8) is 0 Å². The first-order valence-electron chi connectivity index (χ1n) is 9.90. The SMILES string of the molecule is C#CC(=N/C=C(\C)C(F)F)OC1CC2CC1N(C(=O)c1ccccc1-n1nccn1)C2. The number of amides is 1. The van der Waals surface area contributed by atoms with E-state index >= 15 is 0 Å². The van der Waals surface area contributed by atoms with Gasteiger partial charge < -0.3 is 9.64 Å². The van der Waals surface area contributed by atoms with Crippen molar-refractivity contribution in [2.75, 3.05) is 6.54 Å². The van der Waals surface area contributed by atoms with Gasteiger partial charge in [0, 0.05) is 18.3 Å². The van der Waals surface area contributed by atoms with Gasteiger partial charge in [0.05, 0.1) is 29.7 Å². The number of hydrogen-bond acceptors (Lipinski definition) is 5. The van der Waals surface area contributed by atoms with E-state index in [1.54, 1.807) is 35.5 Å². The number of nitrogens with zero attached hydrogens (tertiary/aromatic N) is 5. The number of aliphatic imine (C=N–C) groups is 1. The van der Waals surface area contributed by atoms with Crippen molar-refractivity contribution in [1.29, 1.82) is 0 Å². The molecule has 4 rings (SSSR count). The number of hydrogen-bond donors (Lipinski definition) is 0. The van der Waals surface area contributed by atoms with Gasteiger partial charge in [-0.15, -0.1) is 6.42 Å².